The smallest absolute Gasteiger partial charge is 0.229 e. The van der Waals surface area contributed by atoms with E-state index in [0.717, 1.165) is 35.1 Å². The van der Waals surface area contributed by atoms with Gasteiger partial charge in [-0.15, -0.1) is 0 Å². The van der Waals surface area contributed by atoms with Gasteiger partial charge in [-0.3, -0.25) is 4.79 Å². The third-order valence-electron chi connectivity index (χ3n) is 3.70. The highest BCUT2D eigenvalue weighted by atomic mass is 35.5. The predicted molar refractivity (Wildman–Crippen MR) is 110 cm³/mol. The quantitative estimate of drug-likeness (QED) is 0.562. The van der Waals surface area contributed by atoms with Crippen LogP contribution in [0.2, 0.25) is 5.02 Å². The Kier molecular flexibility index (Phi) is 6.22. The number of nitrogens with one attached hydrogen (secondary N) is 3. The van der Waals surface area contributed by atoms with Crippen molar-refractivity contribution in [2.45, 2.75) is 13.3 Å². The van der Waals surface area contributed by atoms with E-state index < -0.39 is 0 Å². The van der Waals surface area contributed by atoms with E-state index in [0.29, 0.717) is 11.6 Å². The van der Waals surface area contributed by atoms with E-state index in [4.69, 9.17) is 11.6 Å². The summed E-state index contributed by atoms with van der Waals surface area (Å²) < 4.78 is 0. The van der Waals surface area contributed by atoms with Crippen LogP contribution in [0.4, 0.5) is 23.1 Å². The molecule has 1 aromatic heterocycles. The van der Waals surface area contributed by atoms with E-state index in [-0.39, 0.29) is 5.91 Å². The highest BCUT2D eigenvalue weighted by Crippen LogP contribution is 2.19. The molecule has 0 atom stereocenters. The molecule has 3 N–H and O–H groups in total. The molecule has 0 aliphatic carbocycles. The third kappa shape index (κ3) is 5.97. The monoisotopic (exact) mass is 381 g/mol. The summed E-state index contributed by atoms with van der Waals surface area (Å²) >= 11 is 6.01. The van der Waals surface area contributed by atoms with Crippen LogP contribution in [0.15, 0.2) is 60.8 Å². The summed E-state index contributed by atoms with van der Waals surface area (Å²) in [5.74, 6) is 1.09. The van der Waals surface area contributed by atoms with E-state index >= 15 is 0 Å². The van der Waals surface area contributed by atoms with Gasteiger partial charge in [-0.25, -0.2) is 4.98 Å². The van der Waals surface area contributed by atoms with Crippen molar-refractivity contribution in [1.82, 2.24) is 9.97 Å². The van der Waals surface area contributed by atoms with Crippen molar-refractivity contribution in [3.05, 3.63) is 71.4 Å². The Labute approximate surface area is 163 Å². The fourth-order valence-corrected chi connectivity index (χ4v) is 2.76. The molecule has 138 valence electrons. The molecule has 1 heterocycles. The van der Waals surface area contributed by atoms with Crippen LogP contribution in [0.25, 0.3) is 0 Å². The fourth-order valence-electron chi connectivity index (χ4n) is 2.55. The number of anilines is 4. The molecule has 27 heavy (non-hydrogen) atoms. The second-order valence-electron chi connectivity index (χ2n) is 5.96. The molecule has 7 heteroatoms. The topological polar surface area (TPSA) is 78.9 Å². The van der Waals surface area contributed by atoms with Gasteiger partial charge in [0.05, 0.1) is 0 Å². The maximum absolute atomic E-state index is 11.2. The predicted octanol–water partition coefficient (Wildman–Crippen LogP) is 4.49. The molecule has 0 saturated heterocycles. The number of rotatable bonds is 7. The first-order valence-corrected chi connectivity index (χ1v) is 8.92. The van der Waals surface area contributed by atoms with Crippen LogP contribution in [0, 0.1) is 0 Å². The molecule has 0 aliphatic rings. The maximum Gasteiger partial charge on any atom is 0.229 e. The van der Waals surface area contributed by atoms with Crippen LogP contribution in [0.5, 0.6) is 0 Å². The number of hydrogen-bond acceptors (Lipinski definition) is 5. The van der Waals surface area contributed by atoms with E-state index in [1.807, 2.05) is 54.6 Å². The van der Waals surface area contributed by atoms with Crippen molar-refractivity contribution in [3.63, 3.8) is 0 Å². The molecule has 3 rings (SSSR count). The molecule has 0 aliphatic heterocycles. The average molecular weight is 382 g/mol. The van der Waals surface area contributed by atoms with Crippen molar-refractivity contribution >= 4 is 40.6 Å². The van der Waals surface area contributed by atoms with Crippen LogP contribution >= 0.6 is 11.6 Å². The van der Waals surface area contributed by atoms with Gasteiger partial charge in [0.15, 0.2) is 0 Å². The lowest BCUT2D eigenvalue weighted by atomic mass is 10.1. The Hall–Kier alpha value is -3.12. The number of amides is 1. The first kappa shape index (κ1) is 18.7. The van der Waals surface area contributed by atoms with Crippen LogP contribution < -0.4 is 16.0 Å². The number of carbonyl (C=O) groups is 1. The van der Waals surface area contributed by atoms with Gasteiger partial charge < -0.3 is 16.0 Å². The minimum Gasteiger partial charge on any atom is -0.370 e. The molecular formula is C20H20ClN5O. The number of carbonyl (C=O) groups excluding carboxylic acids is 1. The van der Waals surface area contributed by atoms with Crippen LogP contribution in [-0.4, -0.2) is 22.4 Å². The molecule has 0 spiro atoms. The zero-order valence-electron chi connectivity index (χ0n) is 14.9. The first-order valence-electron chi connectivity index (χ1n) is 8.54. The molecule has 0 saturated carbocycles. The number of halogens is 1. The van der Waals surface area contributed by atoms with Crippen LogP contribution in [0.1, 0.15) is 12.5 Å². The van der Waals surface area contributed by atoms with Gasteiger partial charge in [-0.05, 0) is 48.4 Å². The first-order chi connectivity index (χ1) is 13.1. The van der Waals surface area contributed by atoms with E-state index in [2.05, 4.69) is 25.9 Å². The molecule has 0 bridgehead atoms. The summed E-state index contributed by atoms with van der Waals surface area (Å²) in [4.78, 5) is 19.9. The SMILES string of the molecule is CC(=O)Nc1cccc(Nc2nccc(NCCc3cccc(Cl)c3)n2)c1. The van der Waals surface area contributed by atoms with Gasteiger partial charge in [0.1, 0.15) is 5.82 Å². The van der Waals surface area contributed by atoms with Crippen molar-refractivity contribution in [2.24, 2.45) is 0 Å². The fraction of sp³-hybridized carbons (Fsp3) is 0.150. The Morgan fingerprint density at radius 1 is 1.07 bits per heavy atom. The van der Waals surface area contributed by atoms with Gasteiger partial charge in [0.2, 0.25) is 11.9 Å². The number of aromatic nitrogens is 2. The third-order valence-corrected chi connectivity index (χ3v) is 3.94. The summed E-state index contributed by atoms with van der Waals surface area (Å²) in [7, 11) is 0. The van der Waals surface area contributed by atoms with Crippen molar-refractivity contribution in [2.75, 3.05) is 22.5 Å². The lowest BCUT2D eigenvalue weighted by Crippen LogP contribution is -2.08. The summed E-state index contributed by atoms with van der Waals surface area (Å²) in [5.41, 5.74) is 2.66. The van der Waals surface area contributed by atoms with Gasteiger partial charge >= 0.3 is 0 Å². The molecular weight excluding hydrogens is 362 g/mol. The summed E-state index contributed by atoms with van der Waals surface area (Å²) in [6, 6.07) is 17.0. The molecule has 6 nitrogen and oxygen atoms in total. The molecule has 1 amide bonds. The standard InChI is InChI=1S/C20H20ClN5O/c1-14(27)24-17-6-3-7-18(13-17)25-20-23-11-9-19(26-20)22-10-8-15-4-2-5-16(21)12-15/h2-7,9,11-13H,8,10H2,1H3,(H,24,27)(H2,22,23,25,26). The highest BCUT2D eigenvalue weighted by Gasteiger charge is 2.02. The Balaban J connectivity index is 1.59. The van der Waals surface area contributed by atoms with Crippen molar-refractivity contribution in [1.29, 1.82) is 0 Å². The zero-order chi connectivity index (χ0) is 19.1. The lowest BCUT2D eigenvalue weighted by Gasteiger charge is -2.10. The second-order valence-corrected chi connectivity index (χ2v) is 6.40. The minimum atomic E-state index is -0.116. The van der Waals surface area contributed by atoms with Gasteiger partial charge in [0.25, 0.3) is 0 Å². The minimum absolute atomic E-state index is 0.116. The average Bonchev–Trinajstić information content (AvgIpc) is 2.62. The van der Waals surface area contributed by atoms with Crippen molar-refractivity contribution < 1.29 is 4.79 Å². The summed E-state index contributed by atoms with van der Waals surface area (Å²) in [5, 5.41) is 9.91. The van der Waals surface area contributed by atoms with E-state index in [9.17, 15) is 4.79 Å². The number of nitrogens with zero attached hydrogens (tertiary/aromatic N) is 2. The normalized spacial score (nSPS) is 10.3. The zero-order valence-corrected chi connectivity index (χ0v) is 15.6. The molecule has 0 fully saturated rings. The molecule has 0 radical (unpaired) electrons. The summed E-state index contributed by atoms with van der Waals surface area (Å²) in [6.07, 6.45) is 2.53. The van der Waals surface area contributed by atoms with E-state index in [1.165, 1.54) is 6.92 Å². The Morgan fingerprint density at radius 2 is 1.89 bits per heavy atom. The highest BCUT2D eigenvalue weighted by molar-refractivity contribution is 6.30. The number of hydrogen-bond donors (Lipinski definition) is 3. The molecule has 3 aromatic rings. The molecule has 2 aromatic carbocycles. The maximum atomic E-state index is 11.2. The van der Waals surface area contributed by atoms with Crippen LogP contribution in [-0.2, 0) is 11.2 Å². The second kappa shape index (κ2) is 9.00. The van der Waals surface area contributed by atoms with Gasteiger partial charge in [-0.2, -0.15) is 4.98 Å². The Morgan fingerprint density at radius 3 is 2.70 bits per heavy atom. The van der Waals surface area contributed by atoms with Gasteiger partial charge in [0, 0.05) is 36.1 Å². The van der Waals surface area contributed by atoms with E-state index in [1.54, 1.807) is 6.20 Å². The Bertz CT molecular complexity index is 932. The summed E-state index contributed by atoms with van der Waals surface area (Å²) in [6.45, 7) is 2.20. The number of benzene rings is 2. The van der Waals surface area contributed by atoms with Crippen molar-refractivity contribution in [3.8, 4) is 0 Å². The van der Waals surface area contributed by atoms with Crippen LogP contribution in [0.3, 0.4) is 0 Å². The largest absolute Gasteiger partial charge is 0.370 e. The lowest BCUT2D eigenvalue weighted by molar-refractivity contribution is -0.114. The molecule has 0 unspecified atom stereocenters. The van der Waals surface area contributed by atoms with Gasteiger partial charge in [-0.1, -0.05) is 29.8 Å².